The lowest BCUT2D eigenvalue weighted by atomic mass is 10.1. The predicted octanol–water partition coefficient (Wildman–Crippen LogP) is 1.63. The largest absolute Gasteiger partial charge is 0.497 e. The Hall–Kier alpha value is -1.42. The zero-order valence-corrected chi connectivity index (χ0v) is 10.2. The Kier molecular flexibility index (Phi) is 3.74. The summed E-state index contributed by atoms with van der Waals surface area (Å²) >= 11 is 0. The molecule has 94 valence electrons. The second kappa shape index (κ2) is 5.27. The molecule has 0 bridgehead atoms. The maximum atomic E-state index is 9.07. The fourth-order valence-corrected chi connectivity index (χ4v) is 2.51. The van der Waals surface area contributed by atoms with Crippen molar-refractivity contribution in [1.82, 2.24) is 0 Å². The summed E-state index contributed by atoms with van der Waals surface area (Å²) in [6.07, 6.45) is 3.12. The van der Waals surface area contributed by atoms with E-state index < -0.39 is 0 Å². The molecule has 3 N–H and O–H groups in total. The second-order valence-electron chi connectivity index (χ2n) is 4.47. The van der Waals surface area contributed by atoms with Gasteiger partial charge in [0, 0.05) is 42.7 Å². The molecule has 1 aliphatic rings. The number of nitrogens with zero attached hydrogens (tertiary/aromatic N) is 1. The fourth-order valence-electron chi connectivity index (χ4n) is 2.51. The van der Waals surface area contributed by atoms with Gasteiger partial charge >= 0.3 is 0 Å². The van der Waals surface area contributed by atoms with Gasteiger partial charge in [-0.05, 0) is 25.3 Å². The molecule has 0 saturated carbocycles. The molecule has 1 heterocycles. The zero-order chi connectivity index (χ0) is 12.3. The van der Waals surface area contributed by atoms with Gasteiger partial charge in [-0.25, -0.2) is 0 Å². The predicted molar refractivity (Wildman–Crippen MR) is 69.5 cm³/mol. The van der Waals surface area contributed by atoms with Crippen LogP contribution in [0.4, 0.5) is 11.4 Å². The number of nitrogen functional groups attached to an aromatic ring is 1. The van der Waals surface area contributed by atoms with Gasteiger partial charge in [-0.15, -0.1) is 0 Å². The third-order valence-corrected chi connectivity index (χ3v) is 3.32. The SMILES string of the molecule is COc1cc(N)cc(N2CCCC2CCO)c1. The van der Waals surface area contributed by atoms with Crippen LogP contribution in [0.1, 0.15) is 19.3 Å². The van der Waals surface area contributed by atoms with Crippen LogP contribution in [0.15, 0.2) is 18.2 Å². The van der Waals surface area contributed by atoms with E-state index in [-0.39, 0.29) is 6.61 Å². The van der Waals surface area contributed by atoms with Gasteiger partial charge < -0.3 is 20.5 Å². The summed E-state index contributed by atoms with van der Waals surface area (Å²) in [5, 5.41) is 9.07. The van der Waals surface area contributed by atoms with Crippen LogP contribution in [0.5, 0.6) is 5.75 Å². The maximum absolute atomic E-state index is 9.07. The van der Waals surface area contributed by atoms with Crippen LogP contribution in [-0.4, -0.2) is 31.4 Å². The first kappa shape index (κ1) is 12.0. The molecule has 0 spiro atoms. The van der Waals surface area contributed by atoms with E-state index in [4.69, 9.17) is 15.6 Å². The van der Waals surface area contributed by atoms with Crippen molar-refractivity contribution in [3.8, 4) is 5.75 Å². The standard InChI is InChI=1S/C13H20N2O2/c1-17-13-8-10(14)7-12(9-13)15-5-2-3-11(15)4-6-16/h7-9,11,16H,2-6,14H2,1H3. The lowest BCUT2D eigenvalue weighted by molar-refractivity contribution is 0.276. The Balaban J connectivity index is 2.23. The van der Waals surface area contributed by atoms with Gasteiger partial charge in [-0.2, -0.15) is 0 Å². The van der Waals surface area contributed by atoms with E-state index in [0.29, 0.717) is 11.7 Å². The van der Waals surface area contributed by atoms with E-state index in [1.165, 1.54) is 6.42 Å². The van der Waals surface area contributed by atoms with Crippen LogP contribution in [0.2, 0.25) is 0 Å². The number of benzene rings is 1. The molecular formula is C13H20N2O2. The molecular weight excluding hydrogens is 216 g/mol. The van der Waals surface area contributed by atoms with Gasteiger partial charge in [0.15, 0.2) is 0 Å². The molecule has 4 nitrogen and oxygen atoms in total. The Morgan fingerprint density at radius 1 is 1.47 bits per heavy atom. The average molecular weight is 236 g/mol. The molecule has 1 unspecified atom stereocenters. The van der Waals surface area contributed by atoms with Crippen molar-refractivity contribution < 1.29 is 9.84 Å². The third-order valence-electron chi connectivity index (χ3n) is 3.32. The van der Waals surface area contributed by atoms with Crippen molar-refractivity contribution >= 4 is 11.4 Å². The highest BCUT2D eigenvalue weighted by molar-refractivity contribution is 5.61. The van der Waals surface area contributed by atoms with E-state index in [2.05, 4.69) is 4.90 Å². The summed E-state index contributed by atoms with van der Waals surface area (Å²) in [7, 11) is 1.65. The van der Waals surface area contributed by atoms with Crippen LogP contribution >= 0.6 is 0 Å². The molecule has 0 aliphatic carbocycles. The molecule has 2 rings (SSSR count). The van der Waals surface area contributed by atoms with E-state index in [1.54, 1.807) is 7.11 Å². The molecule has 0 amide bonds. The van der Waals surface area contributed by atoms with Crippen LogP contribution in [0.3, 0.4) is 0 Å². The molecule has 1 aromatic rings. The topological polar surface area (TPSA) is 58.7 Å². The van der Waals surface area contributed by atoms with Gasteiger partial charge in [0.2, 0.25) is 0 Å². The minimum Gasteiger partial charge on any atom is -0.497 e. The van der Waals surface area contributed by atoms with Crippen molar-refractivity contribution in [1.29, 1.82) is 0 Å². The van der Waals surface area contributed by atoms with Gasteiger partial charge in [-0.3, -0.25) is 0 Å². The number of aliphatic hydroxyl groups is 1. The number of ether oxygens (including phenoxy) is 1. The van der Waals surface area contributed by atoms with Gasteiger partial charge in [-0.1, -0.05) is 0 Å². The first-order valence-corrected chi connectivity index (χ1v) is 6.06. The smallest absolute Gasteiger partial charge is 0.122 e. The Morgan fingerprint density at radius 2 is 2.29 bits per heavy atom. The van der Waals surface area contributed by atoms with Crippen LogP contribution in [0.25, 0.3) is 0 Å². The summed E-state index contributed by atoms with van der Waals surface area (Å²) in [4.78, 5) is 2.31. The molecule has 1 saturated heterocycles. The second-order valence-corrected chi connectivity index (χ2v) is 4.47. The van der Waals surface area contributed by atoms with Crippen LogP contribution in [-0.2, 0) is 0 Å². The quantitative estimate of drug-likeness (QED) is 0.780. The van der Waals surface area contributed by atoms with Crippen molar-refractivity contribution in [2.24, 2.45) is 0 Å². The van der Waals surface area contributed by atoms with Crippen molar-refractivity contribution in [2.75, 3.05) is 30.9 Å². The molecule has 1 aliphatic heterocycles. The average Bonchev–Trinajstić information content (AvgIpc) is 2.77. The first-order chi connectivity index (χ1) is 8.24. The van der Waals surface area contributed by atoms with E-state index >= 15 is 0 Å². The van der Waals surface area contributed by atoms with Crippen molar-refractivity contribution in [3.63, 3.8) is 0 Å². The Morgan fingerprint density at radius 3 is 3.00 bits per heavy atom. The number of aliphatic hydroxyl groups excluding tert-OH is 1. The van der Waals surface area contributed by atoms with E-state index in [0.717, 1.165) is 30.8 Å². The molecule has 1 fully saturated rings. The maximum Gasteiger partial charge on any atom is 0.122 e. The summed E-state index contributed by atoms with van der Waals surface area (Å²) < 4.78 is 5.23. The zero-order valence-electron chi connectivity index (χ0n) is 10.2. The minimum absolute atomic E-state index is 0.237. The van der Waals surface area contributed by atoms with Crippen LogP contribution < -0.4 is 15.4 Å². The summed E-state index contributed by atoms with van der Waals surface area (Å²) in [6.45, 7) is 1.26. The minimum atomic E-state index is 0.237. The Labute approximate surface area is 102 Å². The summed E-state index contributed by atoms with van der Waals surface area (Å²) in [5.41, 5.74) is 7.68. The first-order valence-electron chi connectivity index (χ1n) is 6.06. The molecule has 0 radical (unpaired) electrons. The fraction of sp³-hybridized carbons (Fsp3) is 0.538. The lowest BCUT2D eigenvalue weighted by Gasteiger charge is -2.27. The monoisotopic (exact) mass is 236 g/mol. The Bertz CT molecular complexity index is 382. The third kappa shape index (κ3) is 2.64. The number of hydrogen-bond acceptors (Lipinski definition) is 4. The summed E-state index contributed by atoms with van der Waals surface area (Å²) in [6, 6.07) is 6.22. The van der Waals surface area contributed by atoms with Crippen molar-refractivity contribution in [3.05, 3.63) is 18.2 Å². The molecule has 1 atom stereocenters. The molecule has 0 aromatic heterocycles. The highest BCUT2D eigenvalue weighted by atomic mass is 16.5. The number of nitrogens with two attached hydrogens (primary N) is 1. The van der Waals surface area contributed by atoms with Gasteiger partial charge in [0.25, 0.3) is 0 Å². The van der Waals surface area contributed by atoms with E-state index in [9.17, 15) is 0 Å². The highest BCUT2D eigenvalue weighted by Gasteiger charge is 2.24. The normalized spacial score (nSPS) is 19.6. The lowest BCUT2D eigenvalue weighted by Crippen LogP contribution is -2.29. The number of hydrogen-bond donors (Lipinski definition) is 2. The number of anilines is 2. The van der Waals surface area contributed by atoms with E-state index in [1.807, 2.05) is 18.2 Å². The van der Waals surface area contributed by atoms with Crippen molar-refractivity contribution in [2.45, 2.75) is 25.3 Å². The molecule has 4 heteroatoms. The highest BCUT2D eigenvalue weighted by Crippen LogP contribution is 2.31. The number of rotatable bonds is 4. The molecule has 17 heavy (non-hydrogen) atoms. The van der Waals surface area contributed by atoms with Gasteiger partial charge in [0.1, 0.15) is 5.75 Å². The molecule has 1 aromatic carbocycles. The van der Waals surface area contributed by atoms with Crippen LogP contribution in [0, 0.1) is 0 Å². The van der Waals surface area contributed by atoms with Gasteiger partial charge in [0.05, 0.1) is 7.11 Å². The summed E-state index contributed by atoms with van der Waals surface area (Å²) in [5.74, 6) is 0.787. The number of methoxy groups -OCH3 is 1.